The molecule has 0 aliphatic heterocycles. The van der Waals surface area contributed by atoms with Gasteiger partial charge in [-0.3, -0.25) is 0 Å². The molecule has 0 saturated heterocycles. The molecule has 0 aliphatic rings. The van der Waals surface area contributed by atoms with Gasteiger partial charge in [0, 0.05) is 32.9 Å². The standard InChI is InChI=1S/C22H32N/c1-20(2,3)17-13-9-10-14-18(17)22(7,8)19-15-11-12-16-23(19)21(4,5)6/h9-16H,1-8H3/q+1. The predicted molar refractivity (Wildman–Crippen MR) is 98.9 cm³/mol. The second-order valence-electron chi connectivity index (χ2n) is 9.05. The van der Waals surface area contributed by atoms with Gasteiger partial charge in [-0.05, 0) is 30.4 Å². The van der Waals surface area contributed by atoms with E-state index in [1.807, 2.05) is 0 Å². The second kappa shape index (κ2) is 5.78. The third-order valence-electron chi connectivity index (χ3n) is 4.63. The molecule has 1 heterocycles. The molecule has 23 heavy (non-hydrogen) atoms. The van der Waals surface area contributed by atoms with Crippen LogP contribution in [0.4, 0.5) is 0 Å². The maximum absolute atomic E-state index is 2.41. The van der Waals surface area contributed by atoms with Crippen LogP contribution in [0.15, 0.2) is 48.7 Å². The van der Waals surface area contributed by atoms with E-state index in [-0.39, 0.29) is 16.4 Å². The topological polar surface area (TPSA) is 3.88 Å². The van der Waals surface area contributed by atoms with E-state index < -0.39 is 0 Å². The average molecular weight is 311 g/mol. The molecule has 0 N–H and O–H groups in total. The smallest absolute Gasteiger partial charge is 0.191 e. The lowest BCUT2D eigenvalue weighted by atomic mass is 9.72. The van der Waals surface area contributed by atoms with E-state index in [0.717, 1.165) is 0 Å². The lowest BCUT2D eigenvalue weighted by molar-refractivity contribution is -0.762. The van der Waals surface area contributed by atoms with Gasteiger partial charge in [0.1, 0.15) is 0 Å². The summed E-state index contributed by atoms with van der Waals surface area (Å²) in [4.78, 5) is 0. The van der Waals surface area contributed by atoms with Crippen molar-refractivity contribution in [2.75, 3.05) is 0 Å². The van der Waals surface area contributed by atoms with Crippen LogP contribution in [0.1, 0.15) is 72.2 Å². The Labute approximate surface area is 142 Å². The van der Waals surface area contributed by atoms with Crippen molar-refractivity contribution in [3.8, 4) is 0 Å². The summed E-state index contributed by atoms with van der Waals surface area (Å²) in [6, 6.07) is 15.4. The van der Waals surface area contributed by atoms with Gasteiger partial charge in [-0.25, -0.2) is 0 Å². The summed E-state index contributed by atoms with van der Waals surface area (Å²) in [5.74, 6) is 0. The summed E-state index contributed by atoms with van der Waals surface area (Å²) in [6.45, 7) is 18.4. The van der Waals surface area contributed by atoms with E-state index >= 15 is 0 Å². The number of hydrogen-bond acceptors (Lipinski definition) is 0. The maximum Gasteiger partial charge on any atom is 0.191 e. The molecule has 1 aromatic carbocycles. The van der Waals surface area contributed by atoms with E-state index in [0.29, 0.717) is 0 Å². The monoisotopic (exact) mass is 310 g/mol. The van der Waals surface area contributed by atoms with Gasteiger partial charge in [0.05, 0.1) is 5.41 Å². The highest BCUT2D eigenvalue weighted by Crippen LogP contribution is 2.37. The van der Waals surface area contributed by atoms with Gasteiger partial charge in [0.15, 0.2) is 17.4 Å². The highest BCUT2D eigenvalue weighted by Gasteiger charge is 2.38. The summed E-state index contributed by atoms with van der Waals surface area (Å²) >= 11 is 0. The second-order valence-corrected chi connectivity index (χ2v) is 9.05. The molecule has 0 radical (unpaired) electrons. The summed E-state index contributed by atoms with van der Waals surface area (Å²) < 4.78 is 2.41. The van der Waals surface area contributed by atoms with Crippen molar-refractivity contribution in [3.63, 3.8) is 0 Å². The van der Waals surface area contributed by atoms with Crippen LogP contribution in [0.25, 0.3) is 0 Å². The zero-order valence-electron chi connectivity index (χ0n) is 16.1. The van der Waals surface area contributed by atoms with Gasteiger partial charge in [-0.1, -0.05) is 51.1 Å². The Kier molecular flexibility index (Phi) is 4.45. The Morgan fingerprint density at radius 1 is 0.652 bits per heavy atom. The fraction of sp³-hybridized carbons (Fsp3) is 0.500. The van der Waals surface area contributed by atoms with E-state index in [1.165, 1.54) is 16.8 Å². The predicted octanol–water partition coefficient (Wildman–Crippen LogP) is 5.35. The molecule has 2 rings (SSSR count). The van der Waals surface area contributed by atoms with Crippen molar-refractivity contribution in [2.45, 2.75) is 71.8 Å². The zero-order valence-corrected chi connectivity index (χ0v) is 16.1. The van der Waals surface area contributed by atoms with Crippen molar-refractivity contribution < 1.29 is 4.57 Å². The van der Waals surface area contributed by atoms with Gasteiger partial charge in [0.25, 0.3) is 0 Å². The molecule has 1 nitrogen and oxygen atoms in total. The van der Waals surface area contributed by atoms with Gasteiger partial charge < -0.3 is 0 Å². The molecular formula is C22H32N+. The first-order valence-electron chi connectivity index (χ1n) is 8.57. The van der Waals surface area contributed by atoms with E-state index in [1.54, 1.807) is 0 Å². The minimum absolute atomic E-state index is 0.0571. The Bertz CT molecular complexity index is 622. The third-order valence-corrected chi connectivity index (χ3v) is 4.63. The van der Waals surface area contributed by atoms with Gasteiger partial charge in [-0.15, -0.1) is 0 Å². The molecule has 1 aromatic heterocycles. The number of hydrogen-bond donors (Lipinski definition) is 0. The number of aromatic nitrogens is 1. The molecule has 0 aliphatic carbocycles. The highest BCUT2D eigenvalue weighted by atomic mass is 15.0. The molecular weight excluding hydrogens is 278 g/mol. The van der Waals surface area contributed by atoms with Gasteiger partial charge in [0.2, 0.25) is 0 Å². The fourth-order valence-electron chi connectivity index (χ4n) is 3.36. The molecule has 0 fully saturated rings. The van der Waals surface area contributed by atoms with E-state index in [4.69, 9.17) is 0 Å². The first-order valence-corrected chi connectivity index (χ1v) is 8.57. The normalized spacial score (nSPS) is 13.2. The van der Waals surface area contributed by atoms with Crippen molar-refractivity contribution in [2.24, 2.45) is 0 Å². The largest absolute Gasteiger partial charge is 0.197 e. The minimum atomic E-state index is -0.0571. The Morgan fingerprint density at radius 2 is 1.17 bits per heavy atom. The van der Waals surface area contributed by atoms with Crippen LogP contribution in [0, 0.1) is 0 Å². The minimum Gasteiger partial charge on any atom is -0.197 e. The lowest BCUT2D eigenvalue weighted by Crippen LogP contribution is -2.56. The van der Waals surface area contributed by atoms with Crippen molar-refractivity contribution in [3.05, 3.63) is 65.5 Å². The molecule has 0 bridgehead atoms. The SMILES string of the molecule is CC(C)(C)c1ccccc1C(C)(C)c1cccc[n+]1C(C)(C)C. The molecule has 2 aromatic rings. The Morgan fingerprint density at radius 3 is 1.70 bits per heavy atom. The summed E-state index contributed by atoms with van der Waals surface area (Å²) in [7, 11) is 0. The molecule has 0 atom stereocenters. The van der Waals surface area contributed by atoms with Gasteiger partial charge >= 0.3 is 0 Å². The molecule has 0 saturated carbocycles. The average Bonchev–Trinajstić information content (AvgIpc) is 2.45. The van der Waals surface area contributed by atoms with E-state index in [2.05, 4.69) is 109 Å². The molecule has 1 heteroatoms. The van der Waals surface area contributed by atoms with E-state index in [9.17, 15) is 0 Å². The highest BCUT2D eigenvalue weighted by molar-refractivity contribution is 5.42. The first kappa shape index (κ1) is 17.7. The number of rotatable bonds is 2. The maximum atomic E-state index is 2.41. The van der Waals surface area contributed by atoms with Crippen LogP contribution in [-0.4, -0.2) is 0 Å². The summed E-state index contributed by atoms with van der Waals surface area (Å²) in [6.07, 6.45) is 2.21. The first-order chi connectivity index (χ1) is 10.5. The Hall–Kier alpha value is -1.63. The van der Waals surface area contributed by atoms with Gasteiger partial charge in [-0.2, -0.15) is 4.57 Å². The lowest BCUT2D eigenvalue weighted by Gasteiger charge is -2.32. The number of pyridine rings is 1. The van der Waals surface area contributed by atoms with Crippen molar-refractivity contribution in [1.29, 1.82) is 0 Å². The molecule has 0 amide bonds. The summed E-state index contributed by atoms with van der Waals surface area (Å²) in [5, 5.41) is 0. The van der Waals surface area contributed by atoms with Crippen LogP contribution < -0.4 is 4.57 Å². The quantitative estimate of drug-likeness (QED) is 0.658. The molecule has 0 unspecified atom stereocenters. The van der Waals surface area contributed by atoms with Crippen molar-refractivity contribution >= 4 is 0 Å². The number of nitrogens with zero attached hydrogens (tertiary/aromatic N) is 1. The van der Waals surface area contributed by atoms with Crippen LogP contribution in [0.5, 0.6) is 0 Å². The zero-order chi connectivity index (χ0) is 17.5. The summed E-state index contributed by atoms with van der Waals surface area (Å²) in [5.41, 5.74) is 4.33. The number of benzene rings is 1. The van der Waals surface area contributed by atoms with Crippen LogP contribution in [0.3, 0.4) is 0 Å². The van der Waals surface area contributed by atoms with Crippen LogP contribution in [-0.2, 0) is 16.4 Å². The molecule has 0 spiro atoms. The van der Waals surface area contributed by atoms with Crippen LogP contribution >= 0.6 is 0 Å². The van der Waals surface area contributed by atoms with Crippen molar-refractivity contribution in [1.82, 2.24) is 0 Å². The molecule has 124 valence electrons. The Balaban J connectivity index is 2.71. The van der Waals surface area contributed by atoms with Crippen LogP contribution in [0.2, 0.25) is 0 Å². The third kappa shape index (κ3) is 3.49. The fourth-order valence-corrected chi connectivity index (χ4v) is 3.36.